The van der Waals surface area contributed by atoms with E-state index >= 15 is 0 Å². The van der Waals surface area contributed by atoms with E-state index in [1.807, 2.05) is 6.92 Å². The minimum absolute atomic E-state index is 0.0236. The molecule has 1 amide bonds. The Morgan fingerprint density at radius 3 is 2.53 bits per heavy atom. The lowest BCUT2D eigenvalue weighted by atomic mass is 10.4. The molecule has 0 aromatic carbocycles. The number of nitrogens with two attached hydrogens (primary N) is 1. The second kappa shape index (κ2) is 6.79. The minimum atomic E-state index is -3.34. The van der Waals surface area contributed by atoms with Crippen LogP contribution in [-0.2, 0) is 14.6 Å². The third-order valence-corrected chi connectivity index (χ3v) is 4.24. The van der Waals surface area contributed by atoms with Crippen LogP contribution >= 0.6 is 0 Å². The molecule has 0 rings (SSSR count). The average molecular weight is 236 g/mol. The SMILES string of the molecule is CCCNC(=O)C(C)S(=O)(=O)CCCN. The molecule has 0 spiro atoms. The zero-order valence-corrected chi connectivity index (χ0v) is 10.1. The zero-order valence-electron chi connectivity index (χ0n) is 9.32. The predicted molar refractivity (Wildman–Crippen MR) is 60.2 cm³/mol. The normalized spacial score (nSPS) is 13.5. The van der Waals surface area contributed by atoms with Gasteiger partial charge in [-0.1, -0.05) is 6.92 Å². The van der Waals surface area contributed by atoms with Crippen molar-refractivity contribution in [1.29, 1.82) is 0 Å². The number of hydrogen-bond donors (Lipinski definition) is 2. The highest BCUT2D eigenvalue weighted by atomic mass is 32.2. The Labute approximate surface area is 91.3 Å². The molecule has 0 aliphatic rings. The molecule has 90 valence electrons. The van der Waals surface area contributed by atoms with Gasteiger partial charge in [0.15, 0.2) is 9.84 Å². The van der Waals surface area contributed by atoms with Gasteiger partial charge in [-0.15, -0.1) is 0 Å². The molecule has 0 fully saturated rings. The monoisotopic (exact) mass is 236 g/mol. The van der Waals surface area contributed by atoms with Crippen LogP contribution in [-0.4, -0.2) is 38.4 Å². The van der Waals surface area contributed by atoms with Crippen molar-refractivity contribution in [1.82, 2.24) is 5.32 Å². The molecule has 0 aliphatic carbocycles. The van der Waals surface area contributed by atoms with Gasteiger partial charge in [-0.05, 0) is 26.3 Å². The lowest BCUT2D eigenvalue weighted by Gasteiger charge is -2.12. The molecule has 1 atom stereocenters. The van der Waals surface area contributed by atoms with Crippen molar-refractivity contribution in [2.45, 2.75) is 31.9 Å². The van der Waals surface area contributed by atoms with Gasteiger partial charge in [0.05, 0.1) is 5.75 Å². The van der Waals surface area contributed by atoms with Gasteiger partial charge in [-0.2, -0.15) is 0 Å². The molecule has 0 radical (unpaired) electrons. The van der Waals surface area contributed by atoms with E-state index in [1.54, 1.807) is 0 Å². The van der Waals surface area contributed by atoms with Crippen LogP contribution in [0.4, 0.5) is 0 Å². The summed E-state index contributed by atoms with van der Waals surface area (Å²) in [4.78, 5) is 11.4. The molecule has 0 saturated carbocycles. The lowest BCUT2D eigenvalue weighted by molar-refractivity contribution is -0.120. The summed E-state index contributed by atoms with van der Waals surface area (Å²) in [5.41, 5.74) is 5.23. The second-order valence-electron chi connectivity index (χ2n) is 3.44. The van der Waals surface area contributed by atoms with Gasteiger partial charge < -0.3 is 11.1 Å². The molecule has 1 unspecified atom stereocenters. The summed E-state index contributed by atoms with van der Waals surface area (Å²) >= 11 is 0. The van der Waals surface area contributed by atoms with E-state index in [1.165, 1.54) is 6.92 Å². The second-order valence-corrected chi connectivity index (χ2v) is 5.88. The van der Waals surface area contributed by atoms with E-state index in [0.717, 1.165) is 6.42 Å². The summed E-state index contributed by atoms with van der Waals surface area (Å²) in [7, 11) is -3.34. The standard InChI is InChI=1S/C9H20N2O3S/c1-3-6-11-9(12)8(2)15(13,14)7-4-5-10/h8H,3-7,10H2,1-2H3,(H,11,12). The van der Waals surface area contributed by atoms with Crippen LogP contribution in [0.5, 0.6) is 0 Å². The van der Waals surface area contributed by atoms with Gasteiger partial charge in [0.2, 0.25) is 5.91 Å². The van der Waals surface area contributed by atoms with Crippen molar-refractivity contribution in [3.8, 4) is 0 Å². The molecule has 0 saturated heterocycles. The highest BCUT2D eigenvalue weighted by molar-refractivity contribution is 7.92. The number of carbonyl (C=O) groups is 1. The first kappa shape index (κ1) is 14.4. The first-order valence-electron chi connectivity index (χ1n) is 5.15. The van der Waals surface area contributed by atoms with Gasteiger partial charge in [-0.3, -0.25) is 4.79 Å². The van der Waals surface area contributed by atoms with Gasteiger partial charge in [0.25, 0.3) is 0 Å². The molecule has 0 heterocycles. The lowest BCUT2D eigenvalue weighted by Crippen LogP contribution is -2.39. The number of amides is 1. The summed E-state index contributed by atoms with van der Waals surface area (Å²) in [5.74, 6) is -0.446. The van der Waals surface area contributed by atoms with Gasteiger partial charge >= 0.3 is 0 Å². The van der Waals surface area contributed by atoms with Gasteiger partial charge in [-0.25, -0.2) is 8.42 Å². The van der Waals surface area contributed by atoms with E-state index in [4.69, 9.17) is 5.73 Å². The van der Waals surface area contributed by atoms with E-state index in [2.05, 4.69) is 5.32 Å². The number of rotatable bonds is 7. The molecule has 0 bridgehead atoms. The van der Waals surface area contributed by atoms with Crippen molar-refractivity contribution in [2.24, 2.45) is 5.73 Å². The van der Waals surface area contributed by atoms with E-state index in [0.29, 0.717) is 19.5 Å². The fourth-order valence-corrected chi connectivity index (χ4v) is 2.35. The molecule has 0 aromatic heterocycles. The zero-order chi connectivity index (χ0) is 11.9. The maximum Gasteiger partial charge on any atom is 0.238 e. The Morgan fingerprint density at radius 1 is 1.47 bits per heavy atom. The summed E-state index contributed by atoms with van der Waals surface area (Å²) < 4.78 is 23.2. The van der Waals surface area contributed by atoms with Crippen LogP contribution < -0.4 is 11.1 Å². The largest absolute Gasteiger partial charge is 0.355 e. The van der Waals surface area contributed by atoms with Crippen molar-refractivity contribution >= 4 is 15.7 Å². The summed E-state index contributed by atoms with van der Waals surface area (Å²) in [6.45, 7) is 4.16. The first-order valence-corrected chi connectivity index (χ1v) is 6.86. The Balaban J connectivity index is 4.28. The van der Waals surface area contributed by atoms with Crippen LogP contribution in [0.2, 0.25) is 0 Å². The number of nitrogens with one attached hydrogen (secondary N) is 1. The van der Waals surface area contributed by atoms with Crippen molar-refractivity contribution < 1.29 is 13.2 Å². The number of sulfone groups is 1. The minimum Gasteiger partial charge on any atom is -0.355 e. The molecule has 5 nitrogen and oxygen atoms in total. The van der Waals surface area contributed by atoms with E-state index in [-0.39, 0.29) is 5.75 Å². The maximum absolute atomic E-state index is 11.6. The fraction of sp³-hybridized carbons (Fsp3) is 0.889. The molecule has 15 heavy (non-hydrogen) atoms. The Hall–Kier alpha value is -0.620. The van der Waals surface area contributed by atoms with Crippen molar-refractivity contribution in [2.75, 3.05) is 18.8 Å². The maximum atomic E-state index is 11.6. The van der Waals surface area contributed by atoms with Crippen LogP contribution in [0, 0.1) is 0 Å². The molecule has 0 aromatic rings. The summed E-state index contributed by atoms with van der Waals surface area (Å²) in [6.07, 6.45) is 1.19. The molecule has 3 N–H and O–H groups in total. The van der Waals surface area contributed by atoms with Crippen LogP contribution in [0.1, 0.15) is 26.7 Å². The summed E-state index contributed by atoms with van der Waals surface area (Å²) in [5, 5.41) is 1.59. The van der Waals surface area contributed by atoms with Crippen LogP contribution in [0.3, 0.4) is 0 Å². The van der Waals surface area contributed by atoms with Gasteiger partial charge in [0.1, 0.15) is 5.25 Å². The molecule has 6 heteroatoms. The topological polar surface area (TPSA) is 89.3 Å². The van der Waals surface area contributed by atoms with E-state index in [9.17, 15) is 13.2 Å². The van der Waals surface area contributed by atoms with Gasteiger partial charge in [0, 0.05) is 6.54 Å². The Morgan fingerprint density at radius 2 is 2.07 bits per heavy atom. The predicted octanol–water partition coefficient (Wildman–Crippen LogP) is -0.335. The highest BCUT2D eigenvalue weighted by Crippen LogP contribution is 2.03. The highest BCUT2D eigenvalue weighted by Gasteiger charge is 2.26. The molecular formula is C9H20N2O3S. The molecular weight excluding hydrogens is 216 g/mol. The fourth-order valence-electron chi connectivity index (χ4n) is 1.02. The Bertz CT molecular complexity index is 288. The van der Waals surface area contributed by atoms with Crippen molar-refractivity contribution in [3.05, 3.63) is 0 Å². The quantitative estimate of drug-likeness (QED) is 0.633. The van der Waals surface area contributed by atoms with Crippen LogP contribution in [0.25, 0.3) is 0 Å². The average Bonchev–Trinajstić information content (AvgIpc) is 2.21. The summed E-state index contributed by atoms with van der Waals surface area (Å²) in [6, 6.07) is 0. The molecule has 0 aliphatic heterocycles. The number of hydrogen-bond acceptors (Lipinski definition) is 4. The third kappa shape index (κ3) is 5.13. The van der Waals surface area contributed by atoms with E-state index < -0.39 is 21.0 Å². The smallest absolute Gasteiger partial charge is 0.238 e. The van der Waals surface area contributed by atoms with Crippen molar-refractivity contribution in [3.63, 3.8) is 0 Å². The first-order chi connectivity index (χ1) is 6.95. The van der Waals surface area contributed by atoms with Crippen LogP contribution in [0.15, 0.2) is 0 Å². The number of carbonyl (C=O) groups excluding carboxylic acids is 1. The Kier molecular flexibility index (Phi) is 6.51. The third-order valence-electron chi connectivity index (χ3n) is 2.09.